The van der Waals surface area contributed by atoms with Crippen molar-refractivity contribution in [2.24, 2.45) is 0 Å². The lowest BCUT2D eigenvalue weighted by molar-refractivity contribution is 0.829. The molecule has 0 aliphatic rings. The van der Waals surface area contributed by atoms with Crippen molar-refractivity contribution in [1.29, 1.82) is 0 Å². The summed E-state index contributed by atoms with van der Waals surface area (Å²) in [5.74, 6) is 0. The van der Waals surface area contributed by atoms with Crippen LogP contribution in [0.25, 0.3) is 38.8 Å². The molecule has 5 aromatic rings. The highest BCUT2D eigenvalue weighted by molar-refractivity contribution is 6.08. The average molecular weight is 322 g/mol. The van der Waals surface area contributed by atoms with Crippen molar-refractivity contribution in [2.45, 2.75) is 0 Å². The minimum Gasteiger partial charge on any atom is -0.192 e. The second kappa shape index (κ2) is 5.53. The molecule has 0 aliphatic heterocycles. The molecule has 0 saturated carbocycles. The Kier molecular flexibility index (Phi) is 3.07. The lowest BCUT2D eigenvalue weighted by Gasteiger charge is -2.15. The van der Waals surface area contributed by atoms with E-state index in [-0.39, 0.29) is 0 Å². The predicted octanol–water partition coefficient (Wildman–Crippen LogP) is 4.61. The van der Waals surface area contributed by atoms with Gasteiger partial charge >= 0.3 is 0 Å². The molecule has 4 heteroatoms. The molecule has 0 spiro atoms. The van der Waals surface area contributed by atoms with E-state index in [2.05, 4.69) is 70.1 Å². The third kappa shape index (κ3) is 2.11. The Morgan fingerprint density at radius 1 is 0.600 bits per heavy atom. The molecule has 0 bridgehead atoms. The Hall–Kier alpha value is -3.53. The molecule has 5 rings (SSSR count). The highest BCUT2D eigenvalue weighted by Crippen LogP contribution is 2.38. The summed E-state index contributed by atoms with van der Waals surface area (Å²) >= 11 is 0. The van der Waals surface area contributed by atoms with Gasteiger partial charge in [0.25, 0.3) is 0 Å². The molecule has 25 heavy (non-hydrogen) atoms. The lowest BCUT2D eigenvalue weighted by atomic mass is 9.94. The van der Waals surface area contributed by atoms with Gasteiger partial charge in [-0.25, -0.2) is 0 Å². The van der Waals surface area contributed by atoms with Crippen LogP contribution in [0.5, 0.6) is 0 Å². The Bertz CT molecular complexity index is 1180. The molecule has 3 aromatic carbocycles. The molecule has 118 valence electrons. The predicted molar refractivity (Wildman–Crippen MR) is 99.2 cm³/mol. The number of benzene rings is 3. The summed E-state index contributed by atoms with van der Waals surface area (Å²) in [6, 6.07) is 29.0. The molecule has 0 aliphatic carbocycles. The van der Waals surface area contributed by atoms with Crippen molar-refractivity contribution >= 4 is 16.4 Å². The fraction of sp³-hybridized carbons (Fsp3) is 0. The van der Waals surface area contributed by atoms with Gasteiger partial charge in [-0.2, -0.15) is 4.52 Å². The zero-order valence-corrected chi connectivity index (χ0v) is 13.4. The first-order chi connectivity index (χ1) is 12.4. The number of pyridine rings is 1. The van der Waals surface area contributed by atoms with Gasteiger partial charge in [-0.3, -0.25) is 0 Å². The summed E-state index contributed by atoms with van der Waals surface area (Å²) in [4.78, 5) is 0. The Morgan fingerprint density at radius 2 is 1.20 bits per heavy atom. The van der Waals surface area contributed by atoms with Crippen LogP contribution in [-0.2, 0) is 0 Å². The van der Waals surface area contributed by atoms with Gasteiger partial charge in [-0.1, -0.05) is 84.9 Å². The zero-order chi connectivity index (χ0) is 16.6. The molecular formula is C21H14N4. The normalized spacial score (nSPS) is 11.2. The standard InChI is InChI=1S/C21H14N4/c1-3-9-15(10-4-1)19-17-13-7-8-14-18(17)21-22-23-24-25(21)20(19)16-11-5-2-6-12-16/h1-14H. The van der Waals surface area contributed by atoms with Crippen molar-refractivity contribution < 1.29 is 0 Å². The van der Waals surface area contributed by atoms with Gasteiger partial charge < -0.3 is 0 Å². The fourth-order valence-corrected chi connectivity index (χ4v) is 3.39. The third-order valence-electron chi connectivity index (χ3n) is 4.47. The molecule has 0 N–H and O–H groups in total. The van der Waals surface area contributed by atoms with Crippen LogP contribution in [0.3, 0.4) is 0 Å². The van der Waals surface area contributed by atoms with Crippen LogP contribution >= 0.6 is 0 Å². The first kappa shape index (κ1) is 13.9. The van der Waals surface area contributed by atoms with Gasteiger partial charge in [-0.05, 0) is 21.4 Å². The van der Waals surface area contributed by atoms with E-state index in [1.165, 1.54) is 0 Å². The van der Waals surface area contributed by atoms with E-state index in [1.807, 2.05) is 34.8 Å². The maximum atomic E-state index is 4.29. The number of hydrogen-bond acceptors (Lipinski definition) is 3. The molecule has 0 amide bonds. The van der Waals surface area contributed by atoms with Crippen molar-refractivity contribution in [3.05, 3.63) is 84.9 Å². The number of rotatable bonds is 2. The summed E-state index contributed by atoms with van der Waals surface area (Å²) < 4.78 is 1.85. The smallest absolute Gasteiger partial charge is 0.187 e. The largest absolute Gasteiger partial charge is 0.192 e. The molecule has 0 unspecified atom stereocenters. The van der Waals surface area contributed by atoms with Crippen LogP contribution in [0, 0.1) is 0 Å². The summed E-state index contributed by atoms with van der Waals surface area (Å²) in [5, 5.41) is 14.7. The molecule has 2 heterocycles. The number of hydrogen-bond donors (Lipinski definition) is 0. The maximum Gasteiger partial charge on any atom is 0.187 e. The highest BCUT2D eigenvalue weighted by atomic mass is 15.5. The summed E-state index contributed by atoms with van der Waals surface area (Å²) in [6.45, 7) is 0. The number of aromatic nitrogens is 4. The van der Waals surface area contributed by atoms with Gasteiger partial charge in [0.2, 0.25) is 0 Å². The van der Waals surface area contributed by atoms with E-state index >= 15 is 0 Å². The Morgan fingerprint density at radius 3 is 1.92 bits per heavy atom. The topological polar surface area (TPSA) is 43.1 Å². The number of tetrazole rings is 1. The third-order valence-corrected chi connectivity index (χ3v) is 4.47. The maximum absolute atomic E-state index is 4.29. The van der Waals surface area contributed by atoms with Gasteiger partial charge in [0.1, 0.15) is 0 Å². The average Bonchev–Trinajstić information content (AvgIpc) is 3.18. The minimum absolute atomic E-state index is 0.772. The molecule has 2 aromatic heterocycles. The molecule has 0 saturated heterocycles. The van der Waals surface area contributed by atoms with Crippen LogP contribution in [0.2, 0.25) is 0 Å². The Balaban J connectivity index is 2.04. The monoisotopic (exact) mass is 322 g/mol. The van der Waals surface area contributed by atoms with Crippen molar-refractivity contribution in [3.8, 4) is 22.4 Å². The summed E-state index contributed by atoms with van der Waals surface area (Å²) in [5.41, 5.74) is 5.15. The van der Waals surface area contributed by atoms with Crippen molar-refractivity contribution in [3.63, 3.8) is 0 Å². The SMILES string of the molecule is c1ccc(-c2c(-c3ccccc3)n3nnnc3c3ccccc23)cc1. The summed E-state index contributed by atoms with van der Waals surface area (Å²) in [6.07, 6.45) is 0. The van der Waals surface area contributed by atoms with Crippen molar-refractivity contribution in [1.82, 2.24) is 20.0 Å². The fourth-order valence-electron chi connectivity index (χ4n) is 3.39. The van der Waals surface area contributed by atoms with E-state index in [0.717, 1.165) is 38.8 Å². The van der Waals surface area contributed by atoms with E-state index in [9.17, 15) is 0 Å². The van der Waals surface area contributed by atoms with E-state index < -0.39 is 0 Å². The first-order valence-corrected chi connectivity index (χ1v) is 8.17. The zero-order valence-electron chi connectivity index (χ0n) is 13.4. The van der Waals surface area contributed by atoms with Gasteiger partial charge in [0.05, 0.1) is 5.69 Å². The van der Waals surface area contributed by atoms with Crippen LogP contribution in [0.1, 0.15) is 0 Å². The molecular weight excluding hydrogens is 308 g/mol. The second-order valence-corrected chi connectivity index (χ2v) is 5.92. The Labute approximate surface area is 144 Å². The van der Waals surface area contributed by atoms with E-state index in [1.54, 1.807) is 0 Å². The summed E-state index contributed by atoms with van der Waals surface area (Å²) in [7, 11) is 0. The number of nitrogens with zero attached hydrogens (tertiary/aromatic N) is 4. The van der Waals surface area contributed by atoms with Crippen LogP contribution in [0.4, 0.5) is 0 Å². The first-order valence-electron chi connectivity index (χ1n) is 8.17. The second-order valence-electron chi connectivity index (χ2n) is 5.92. The van der Waals surface area contributed by atoms with Gasteiger partial charge in [-0.15, -0.1) is 5.10 Å². The molecule has 0 radical (unpaired) electrons. The minimum atomic E-state index is 0.772. The van der Waals surface area contributed by atoms with Crippen LogP contribution < -0.4 is 0 Å². The molecule has 0 fully saturated rings. The molecule has 4 nitrogen and oxygen atoms in total. The van der Waals surface area contributed by atoms with Gasteiger partial charge in [0, 0.05) is 16.5 Å². The van der Waals surface area contributed by atoms with Gasteiger partial charge in [0.15, 0.2) is 5.65 Å². The lowest BCUT2D eigenvalue weighted by Crippen LogP contribution is -2.00. The van der Waals surface area contributed by atoms with Crippen LogP contribution in [0.15, 0.2) is 84.9 Å². The van der Waals surface area contributed by atoms with E-state index in [4.69, 9.17) is 0 Å². The van der Waals surface area contributed by atoms with Crippen LogP contribution in [-0.4, -0.2) is 20.0 Å². The quantitative estimate of drug-likeness (QED) is 0.476. The van der Waals surface area contributed by atoms with Crippen molar-refractivity contribution in [2.75, 3.05) is 0 Å². The van der Waals surface area contributed by atoms with E-state index in [0.29, 0.717) is 0 Å². The highest BCUT2D eigenvalue weighted by Gasteiger charge is 2.19. The molecule has 0 atom stereocenters. The number of fused-ring (bicyclic) bond motifs is 3.